The topological polar surface area (TPSA) is 118 Å². The lowest BCUT2D eigenvalue weighted by atomic mass is 10.1. The second kappa shape index (κ2) is 10.9. The highest BCUT2D eigenvalue weighted by Gasteiger charge is 2.27. The third kappa shape index (κ3) is 5.83. The van der Waals surface area contributed by atoms with Gasteiger partial charge in [0.2, 0.25) is 5.91 Å². The Balaban J connectivity index is 2.14. The van der Waals surface area contributed by atoms with Gasteiger partial charge in [0.15, 0.2) is 0 Å². The van der Waals surface area contributed by atoms with E-state index in [1.54, 1.807) is 13.8 Å². The second-order valence-corrected chi connectivity index (χ2v) is 8.60. The Morgan fingerprint density at radius 3 is 2.58 bits per heavy atom. The molecule has 1 amide bonds. The van der Waals surface area contributed by atoms with E-state index < -0.39 is 11.9 Å². The number of anilines is 1. The van der Waals surface area contributed by atoms with Gasteiger partial charge < -0.3 is 14.8 Å². The quantitative estimate of drug-likeness (QED) is 0.462. The molecular formula is C21H23N3O5S2. The number of ether oxygens (including phenoxy) is 2. The van der Waals surface area contributed by atoms with Gasteiger partial charge in [0.1, 0.15) is 21.0 Å². The van der Waals surface area contributed by atoms with E-state index >= 15 is 0 Å². The van der Waals surface area contributed by atoms with Crippen LogP contribution in [-0.4, -0.2) is 42.3 Å². The number of nitriles is 1. The SMILES string of the molecule is CCOC(=O)c1sc(NC(=O)CCSc2nc(C)cc(C)c2C#N)c(C(=O)OC)c1C. The maximum atomic E-state index is 12.5. The largest absolute Gasteiger partial charge is 0.465 e. The van der Waals surface area contributed by atoms with Gasteiger partial charge in [-0.3, -0.25) is 4.79 Å². The molecule has 2 aromatic rings. The van der Waals surface area contributed by atoms with E-state index in [1.807, 2.05) is 19.9 Å². The van der Waals surface area contributed by atoms with E-state index in [1.165, 1.54) is 18.9 Å². The Morgan fingerprint density at radius 2 is 1.97 bits per heavy atom. The van der Waals surface area contributed by atoms with Crippen LogP contribution >= 0.6 is 23.1 Å². The van der Waals surface area contributed by atoms with Gasteiger partial charge in [-0.05, 0) is 44.9 Å². The number of nitrogens with one attached hydrogen (secondary N) is 1. The van der Waals surface area contributed by atoms with Crippen LogP contribution in [0.3, 0.4) is 0 Å². The number of nitrogens with zero attached hydrogens (tertiary/aromatic N) is 2. The van der Waals surface area contributed by atoms with Crippen molar-refractivity contribution in [2.45, 2.75) is 39.1 Å². The van der Waals surface area contributed by atoms with Gasteiger partial charge in [-0.1, -0.05) is 0 Å². The number of pyridine rings is 1. The van der Waals surface area contributed by atoms with Crippen LogP contribution < -0.4 is 5.32 Å². The van der Waals surface area contributed by atoms with Gasteiger partial charge in [-0.2, -0.15) is 5.26 Å². The highest BCUT2D eigenvalue weighted by Crippen LogP contribution is 2.34. The average molecular weight is 462 g/mol. The molecule has 0 saturated heterocycles. The molecule has 164 valence electrons. The average Bonchev–Trinajstić information content (AvgIpc) is 3.03. The van der Waals surface area contributed by atoms with E-state index in [-0.39, 0.29) is 34.4 Å². The van der Waals surface area contributed by atoms with E-state index in [4.69, 9.17) is 9.47 Å². The minimum Gasteiger partial charge on any atom is -0.465 e. The molecule has 2 rings (SSSR count). The lowest BCUT2D eigenvalue weighted by molar-refractivity contribution is -0.115. The first-order chi connectivity index (χ1) is 14.7. The summed E-state index contributed by atoms with van der Waals surface area (Å²) < 4.78 is 9.82. The van der Waals surface area contributed by atoms with E-state index in [9.17, 15) is 19.6 Å². The molecule has 0 bridgehead atoms. The molecule has 0 atom stereocenters. The van der Waals surface area contributed by atoms with E-state index in [2.05, 4.69) is 16.4 Å². The van der Waals surface area contributed by atoms with Crippen molar-refractivity contribution in [2.75, 3.05) is 24.8 Å². The summed E-state index contributed by atoms with van der Waals surface area (Å²) in [5.41, 5.74) is 2.67. The smallest absolute Gasteiger partial charge is 0.348 e. The maximum Gasteiger partial charge on any atom is 0.348 e. The van der Waals surface area contributed by atoms with E-state index in [0.717, 1.165) is 22.6 Å². The summed E-state index contributed by atoms with van der Waals surface area (Å²) in [6, 6.07) is 3.99. The van der Waals surface area contributed by atoms with Gasteiger partial charge in [-0.15, -0.1) is 23.1 Å². The van der Waals surface area contributed by atoms with Crippen LogP contribution in [-0.2, 0) is 14.3 Å². The number of amides is 1. The predicted molar refractivity (Wildman–Crippen MR) is 119 cm³/mol. The zero-order valence-electron chi connectivity index (χ0n) is 18.0. The molecule has 0 radical (unpaired) electrons. The normalized spacial score (nSPS) is 10.3. The number of rotatable bonds is 8. The number of esters is 2. The molecule has 0 aliphatic rings. The number of thiophene rings is 1. The second-order valence-electron chi connectivity index (χ2n) is 6.49. The number of methoxy groups -OCH3 is 1. The minimum atomic E-state index is -0.646. The van der Waals surface area contributed by atoms with Crippen molar-refractivity contribution in [1.29, 1.82) is 5.26 Å². The Morgan fingerprint density at radius 1 is 1.26 bits per heavy atom. The lowest BCUT2D eigenvalue weighted by Crippen LogP contribution is -2.14. The molecule has 31 heavy (non-hydrogen) atoms. The molecular weight excluding hydrogens is 438 g/mol. The van der Waals surface area contributed by atoms with Crippen LogP contribution in [0.5, 0.6) is 0 Å². The summed E-state index contributed by atoms with van der Waals surface area (Å²) >= 11 is 2.29. The number of hydrogen-bond acceptors (Lipinski definition) is 9. The van der Waals surface area contributed by atoms with Crippen molar-refractivity contribution in [3.63, 3.8) is 0 Å². The molecule has 0 unspecified atom stereocenters. The van der Waals surface area contributed by atoms with Crippen LogP contribution in [0.2, 0.25) is 0 Å². The van der Waals surface area contributed by atoms with Crippen LogP contribution in [0.1, 0.15) is 55.8 Å². The zero-order valence-corrected chi connectivity index (χ0v) is 19.6. The van der Waals surface area contributed by atoms with Crippen molar-refractivity contribution in [2.24, 2.45) is 0 Å². The third-order valence-corrected chi connectivity index (χ3v) is 6.41. The lowest BCUT2D eigenvalue weighted by Gasteiger charge is -2.08. The number of aromatic nitrogens is 1. The zero-order chi connectivity index (χ0) is 23.1. The number of hydrogen-bond donors (Lipinski definition) is 1. The number of carbonyl (C=O) groups excluding carboxylic acids is 3. The number of aryl methyl sites for hydroxylation is 2. The van der Waals surface area contributed by atoms with Gasteiger partial charge in [0.25, 0.3) is 0 Å². The molecule has 0 fully saturated rings. The number of carbonyl (C=O) groups is 3. The summed E-state index contributed by atoms with van der Waals surface area (Å²) in [5, 5.41) is 12.9. The fraction of sp³-hybridized carbons (Fsp3) is 0.381. The van der Waals surface area contributed by atoms with Crippen molar-refractivity contribution >= 4 is 45.9 Å². The molecule has 0 aromatic carbocycles. The molecule has 8 nitrogen and oxygen atoms in total. The van der Waals surface area contributed by atoms with E-state index in [0.29, 0.717) is 21.9 Å². The Bertz CT molecular complexity index is 1060. The molecule has 0 spiro atoms. The Labute approximate surface area is 189 Å². The molecule has 2 aromatic heterocycles. The summed E-state index contributed by atoms with van der Waals surface area (Å²) in [7, 11) is 1.23. The summed E-state index contributed by atoms with van der Waals surface area (Å²) in [5.74, 6) is -1.15. The van der Waals surface area contributed by atoms with Crippen LogP contribution in [0, 0.1) is 32.1 Å². The van der Waals surface area contributed by atoms with Crippen LogP contribution in [0.25, 0.3) is 0 Å². The van der Waals surface area contributed by atoms with Gasteiger partial charge in [0.05, 0.1) is 24.8 Å². The monoisotopic (exact) mass is 461 g/mol. The molecule has 10 heteroatoms. The molecule has 1 N–H and O–H groups in total. The highest BCUT2D eigenvalue weighted by molar-refractivity contribution is 7.99. The first-order valence-corrected chi connectivity index (χ1v) is 11.2. The first kappa shape index (κ1) is 24.4. The maximum absolute atomic E-state index is 12.5. The Hall–Kier alpha value is -2.90. The third-order valence-electron chi connectivity index (χ3n) is 4.24. The van der Waals surface area contributed by atoms with Gasteiger partial charge in [0, 0.05) is 17.9 Å². The summed E-state index contributed by atoms with van der Waals surface area (Å²) in [6.45, 7) is 7.18. The minimum absolute atomic E-state index is 0.122. The molecule has 0 aliphatic heterocycles. The number of thioether (sulfide) groups is 1. The highest BCUT2D eigenvalue weighted by atomic mass is 32.2. The molecule has 2 heterocycles. The molecule has 0 saturated carbocycles. The molecule has 0 aliphatic carbocycles. The first-order valence-electron chi connectivity index (χ1n) is 9.43. The van der Waals surface area contributed by atoms with Crippen molar-refractivity contribution in [1.82, 2.24) is 4.98 Å². The summed E-state index contributed by atoms with van der Waals surface area (Å²) in [6.07, 6.45) is 0.122. The van der Waals surface area contributed by atoms with Gasteiger partial charge >= 0.3 is 11.9 Å². The van der Waals surface area contributed by atoms with Crippen molar-refractivity contribution in [3.05, 3.63) is 38.9 Å². The predicted octanol–water partition coefficient (Wildman–Crippen LogP) is 4.02. The van der Waals surface area contributed by atoms with Crippen molar-refractivity contribution in [3.8, 4) is 6.07 Å². The summed E-state index contributed by atoms with van der Waals surface area (Å²) in [4.78, 5) is 41.5. The fourth-order valence-electron chi connectivity index (χ4n) is 2.81. The van der Waals surface area contributed by atoms with Gasteiger partial charge in [-0.25, -0.2) is 14.6 Å². The van der Waals surface area contributed by atoms with Crippen LogP contribution in [0.15, 0.2) is 11.1 Å². The Kier molecular flexibility index (Phi) is 8.59. The standard InChI is InChI=1S/C21H23N3O5S2/c1-6-29-21(27)17-13(4)16(20(26)28-5)19(31-17)24-15(25)7-8-30-18-14(10-22)11(2)9-12(3)23-18/h9H,6-8H2,1-5H3,(H,24,25). The van der Waals surface area contributed by atoms with Crippen LogP contribution in [0.4, 0.5) is 5.00 Å². The van der Waals surface area contributed by atoms with Crippen molar-refractivity contribution < 1.29 is 23.9 Å². The fourth-order valence-corrected chi connectivity index (χ4v) is 4.96.